The van der Waals surface area contributed by atoms with Gasteiger partial charge in [0.1, 0.15) is 0 Å². The lowest BCUT2D eigenvalue weighted by Gasteiger charge is -2.27. The van der Waals surface area contributed by atoms with Crippen molar-refractivity contribution in [1.82, 2.24) is 4.90 Å². The Bertz CT molecular complexity index is 719. The number of hydrogen-bond acceptors (Lipinski definition) is 1. The van der Waals surface area contributed by atoms with Crippen molar-refractivity contribution < 1.29 is 0 Å². The lowest BCUT2D eigenvalue weighted by Crippen LogP contribution is -2.27. The Morgan fingerprint density at radius 1 is 0.862 bits per heavy atom. The molecule has 0 spiro atoms. The zero-order chi connectivity index (χ0) is 20.6. The highest BCUT2D eigenvalue weighted by molar-refractivity contribution is 6.30. The molecule has 1 nitrogen and oxygen atoms in total. The number of halogens is 1. The molecule has 29 heavy (non-hydrogen) atoms. The van der Waals surface area contributed by atoms with Gasteiger partial charge in [-0.2, -0.15) is 0 Å². The Morgan fingerprint density at radius 2 is 1.45 bits per heavy atom. The Balaban J connectivity index is 1.67. The molecule has 0 heterocycles. The summed E-state index contributed by atoms with van der Waals surface area (Å²) in [5, 5.41) is 0.817. The molecule has 0 radical (unpaired) electrons. The zero-order valence-corrected chi connectivity index (χ0v) is 19.3. The molecule has 2 aromatic carbocycles. The summed E-state index contributed by atoms with van der Waals surface area (Å²) >= 11 is 6.10. The lowest BCUT2D eigenvalue weighted by molar-refractivity contribution is 0.210. The second-order valence-corrected chi connectivity index (χ2v) is 9.83. The van der Waals surface area contributed by atoms with Crippen molar-refractivity contribution >= 4 is 11.6 Å². The van der Waals surface area contributed by atoms with Crippen molar-refractivity contribution in [3.63, 3.8) is 0 Å². The topological polar surface area (TPSA) is 3.24 Å². The molecule has 0 N–H and O–H groups in total. The quantitative estimate of drug-likeness (QED) is 0.397. The van der Waals surface area contributed by atoms with Gasteiger partial charge >= 0.3 is 0 Å². The molecule has 0 amide bonds. The summed E-state index contributed by atoms with van der Waals surface area (Å²) in [6.45, 7) is 10.2. The van der Waals surface area contributed by atoms with Gasteiger partial charge in [0.05, 0.1) is 0 Å². The number of rotatable bonds is 8. The maximum Gasteiger partial charge on any atom is 0.0406 e. The molecule has 0 aromatic heterocycles. The van der Waals surface area contributed by atoms with Crippen LogP contribution in [0.25, 0.3) is 0 Å². The molecule has 2 atom stereocenters. The van der Waals surface area contributed by atoms with Crippen LogP contribution in [0.3, 0.4) is 0 Å². The van der Waals surface area contributed by atoms with Gasteiger partial charge in [-0.05, 0) is 59.5 Å². The van der Waals surface area contributed by atoms with Crippen LogP contribution in [0.4, 0.5) is 0 Å². The van der Waals surface area contributed by atoms with Crippen LogP contribution in [-0.2, 0) is 13.1 Å². The highest BCUT2D eigenvalue weighted by Crippen LogP contribution is 2.31. The van der Waals surface area contributed by atoms with Gasteiger partial charge in [0, 0.05) is 18.1 Å². The van der Waals surface area contributed by atoms with Crippen molar-refractivity contribution in [2.75, 3.05) is 6.54 Å². The fourth-order valence-electron chi connectivity index (χ4n) is 4.68. The third-order valence-electron chi connectivity index (χ3n) is 6.73. The maximum atomic E-state index is 6.10. The van der Waals surface area contributed by atoms with E-state index in [1.165, 1.54) is 61.8 Å². The minimum absolute atomic E-state index is 0.589. The normalized spacial score (nSPS) is 20.2. The van der Waals surface area contributed by atoms with Crippen LogP contribution >= 0.6 is 11.6 Å². The first kappa shape index (κ1) is 22.4. The largest absolute Gasteiger partial charge is 0.295 e. The monoisotopic (exact) mass is 411 g/mol. The summed E-state index contributed by atoms with van der Waals surface area (Å²) in [6.07, 6.45) is 8.42. The first-order valence-electron chi connectivity index (χ1n) is 11.6. The van der Waals surface area contributed by atoms with Gasteiger partial charge < -0.3 is 0 Å². The second-order valence-electron chi connectivity index (χ2n) is 9.40. The molecule has 2 aromatic rings. The molecule has 1 unspecified atom stereocenters. The maximum absolute atomic E-state index is 6.10. The van der Waals surface area contributed by atoms with Crippen molar-refractivity contribution in [2.24, 2.45) is 11.8 Å². The van der Waals surface area contributed by atoms with Crippen LogP contribution in [0.2, 0.25) is 5.02 Å². The molecular formula is C27H38ClN. The molecule has 1 aliphatic rings. The number of hydrogen-bond donors (Lipinski definition) is 0. The average Bonchev–Trinajstić information content (AvgIpc) is 2.92. The van der Waals surface area contributed by atoms with E-state index in [4.69, 9.17) is 11.6 Å². The molecule has 0 aliphatic heterocycles. The fourth-order valence-corrected chi connectivity index (χ4v) is 4.80. The second kappa shape index (κ2) is 11.2. The molecule has 0 bridgehead atoms. The molecule has 2 heteroatoms. The van der Waals surface area contributed by atoms with E-state index in [0.29, 0.717) is 5.92 Å². The van der Waals surface area contributed by atoms with Crippen LogP contribution in [-0.4, -0.2) is 11.4 Å². The predicted octanol–water partition coefficient (Wildman–Crippen LogP) is 8.07. The van der Waals surface area contributed by atoms with E-state index in [-0.39, 0.29) is 0 Å². The Labute approximate surface area is 183 Å². The van der Waals surface area contributed by atoms with E-state index in [2.05, 4.69) is 62.1 Å². The van der Waals surface area contributed by atoms with Gasteiger partial charge in [0.15, 0.2) is 0 Å². The van der Waals surface area contributed by atoms with Gasteiger partial charge in [0.25, 0.3) is 0 Å². The highest BCUT2D eigenvalue weighted by atomic mass is 35.5. The fraction of sp³-hybridized carbons (Fsp3) is 0.556. The van der Waals surface area contributed by atoms with E-state index in [9.17, 15) is 0 Å². The molecule has 1 saturated carbocycles. The number of benzene rings is 2. The SMILES string of the molecule is CC(C)c1ccc(CN(CC[C@@H]2CCCCCC2C)Cc2ccc(Cl)cc2)cc1. The van der Waals surface area contributed by atoms with E-state index in [0.717, 1.165) is 29.9 Å². The third kappa shape index (κ3) is 7.15. The smallest absolute Gasteiger partial charge is 0.0406 e. The van der Waals surface area contributed by atoms with Gasteiger partial charge in [-0.25, -0.2) is 0 Å². The van der Waals surface area contributed by atoms with Crippen molar-refractivity contribution in [1.29, 1.82) is 0 Å². The Morgan fingerprint density at radius 3 is 2.07 bits per heavy atom. The molecular weight excluding hydrogens is 374 g/mol. The minimum atomic E-state index is 0.589. The summed E-state index contributed by atoms with van der Waals surface area (Å²) in [4.78, 5) is 2.63. The number of nitrogens with zero attached hydrogens (tertiary/aromatic N) is 1. The summed E-state index contributed by atoms with van der Waals surface area (Å²) in [5.41, 5.74) is 4.18. The van der Waals surface area contributed by atoms with Gasteiger partial charge in [0.2, 0.25) is 0 Å². The molecule has 1 fully saturated rings. The van der Waals surface area contributed by atoms with Crippen LogP contribution in [0.1, 0.15) is 81.9 Å². The molecule has 3 rings (SSSR count). The summed E-state index contributed by atoms with van der Waals surface area (Å²) in [7, 11) is 0. The summed E-state index contributed by atoms with van der Waals surface area (Å²) < 4.78 is 0. The molecule has 0 saturated heterocycles. The summed E-state index contributed by atoms with van der Waals surface area (Å²) in [5.74, 6) is 2.35. The van der Waals surface area contributed by atoms with Crippen molar-refractivity contribution in [3.05, 3.63) is 70.2 Å². The van der Waals surface area contributed by atoms with E-state index in [1.54, 1.807) is 0 Å². The van der Waals surface area contributed by atoms with Crippen LogP contribution in [0.5, 0.6) is 0 Å². The van der Waals surface area contributed by atoms with Gasteiger partial charge in [-0.15, -0.1) is 0 Å². The van der Waals surface area contributed by atoms with Crippen LogP contribution < -0.4 is 0 Å². The first-order chi connectivity index (χ1) is 14.0. The summed E-state index contributed by atoms with van der Waals surface area (Å²) in [6, 6.07) is 17.6. The first-order valence-corrected chi connectivity index (χ1v) is 11.9. The molecule has 1 aliphatic carbocycles. The van der Waals surface area contributed by atoms with Crippen molar-refractivity contribution in [2.45, 2.75) is 78.3 Å². The molecule has 158 valence electrons. The van der Waals surface area contributed by atoms with Gasteiger partial charge in [-0.3, -0.25) is 4.90 Å². The highest BCUT2D eigenvalue weighted by Gasteiger charge is 2.21. The average molecular weight is 412 g/mol. The van der Waals surface area contributed by atoms with E-state index in [1.807, 2.05) is 12.1 Å². The standard InChI is InChI=1S/C27H38ClN/c1-21(2)25-13-9-23(10-14-25)19-29(20-24-11-15-27(28)16-12-24)18-17-26-8-6-4-5-7-22(26)3/h9-16,21-22,26H,4-8,17-20H2,1-3H3/t22?,26-/m0/s1. The predicted molar refractivity (Wildman–Crippen MR) is 126 cm³/mol. The van der Waals surface area contributed by atoms with E-state index >= 15 is 0 Å². The van der Waals surface area contributed by atoms with Gasteiger partial charge in [-0.1, -0.05) is 101 Å². The van der Waals surface area contributed by atoms with E-state index < -0.39 is 0 Å². The Kier molecular flexibility index (Phi) is 8.63. The van der Waals surface area contributed by atoms with Crippen LogP contribution in [0.15, 0.2) is 48.5 Å². The minimum Gasteiger partial charge on any atom is -0.295 e. The zero-order valence-electron chi connectivity index (χ0n) is 18.5. The Hall–Kier alpha value is -1.31. The van der Waals surface area contributed by atoms with Crippen molar-refractivity contribution in [3.8, 4) is 0 Å². The lowest BCUT2D eigenvalue weighted by atomic mass is 9.87. The third-order valence-corrected chi connectivity index (χ3v) is 6.98. The van der Waals surface area contributed by atoms with Crippen LogP contribution in [0, 0.1) is 11.8 Å².